The predicted octanol–water partition coefficient (Wildman–Crippen LogP) is 0.845. The molecule has 2 rings (SSSR count). The highest BCUT2D eigenvalue weighted by molar-refractivity contribution is 5.06. The van der Waals surface area contributed by atoms with Gasteiger partial charge in [-0.2, -0.15) is 0 Å². The van der Waals surface area contributed by atoms with Crippen molar-refractivity contribution in [1.82, 2.24) is 14.5 Å². The summed E-state index contributed by atoms with van der Waals surface area (Å²) in [7, 11) is 0. The molecule has 1 saturated heterocycles. The van der Waals surface area contributed by atoms with Crippen molar-refractivity contribution in [3.05, 3.63) is 22.5 Å². The van der Waals surface area contributed by atoms with E-state index in [0.717, 1.165) is 13.1 Å². The van der Waals surface area contributed by atoms with Crippen molar-refractivity contribution in [2.24, 2.45) is 0 Å². The Balaban J connectivity index is 2.07. The molecule has 0 radical (unpaired) electrons. The molecule has 0 aromatic carbocycles. The molecule has 0 saturated carbocycles. The first kappa shape index (κ1) is 9.14. The molecule has 0 atom stereocenters. The molecular weight excluding hydrogens is 184 g/mol. The summed E-state index contributed by atoms with van der Waals surface area (Å²) in [6.07, 6.45) is 5.48. The summed E-state index contributed by atoms with van der Waals surface area (Å²) < 4.78 is 1.57. The number of hydrogen-bond acceptors (Lipinski definition) is 4. The molecule has 0 unspecified atom stereocenters. The molecule has 76 valence electrons. The Morgan fingerprint density at radius 2 is 2.21 bits per heavy atom. The largest absolute Gasteiger partial charge is 0.435 e. The fraction of sp³-hybridized carbons (Fsp3) is 0.625. The second kappa shape index (κ2) is 3.75. The average molecular weight is 196 g/mol. The van der Waals surface area contributed by atoms with E-state index in [1.807, 2.05) is 0 Å². The minimum absolute atomic E-state index is 0.0723. The van der Waals surface area contributed by atoms with Crippen LogP contribution in [0, 0.1) is 10.1 Å². The minimum Gasteiger partial charge on any atom is -0.390 e. The quantitative estimate of drug-likeness (QED) is 0.531. The first-order chi connectivity index (χ1) is 6.77. The smallest absolute Gasteiger partial charge is 0.390 e. The molecule has 1 aliphatic heterocycles. The van der Waals surface area contributed by atoms with Crippen molar-refractivity contribution >= 4 is 5.95 Å². The lowest BCUT2D eigenvalue weighted by Gasteiger charge is -2.12. The van der Waals surface area contributed by atoms with Crippen molar-refractivity contribution in [3.63, 3.8) is 0 Å². The molecule has 1 fully saturated rings. The van der Waals surface area contributed by atoms with E-state index in [2.05, 4.69) is 9.88 Å². The summed E-state index contributed by atoms with van der Waals surface area (Å²) in [5, 5.41) is 10.6. The number of likely N-dealkylation sites (tertiary alicyclic amines) is 1. The first-order valence-corrected chi connectivity index (χ1v) is 4.65. The summed E-state index contributed by atoms with van der Waals surface area (Å²) in [6.45, 7) is 2.63. The zero-order valence-corrected chi connectivity index (χ0v) is 7.80. The second-order valence-electron chi connectivity index (χ2n) is 3.42. The molecular formula is C8H12N4O2. The van der Waals surface area contributed by atoms with E-state index in [9.17, 15) is 10.1 Å². The van der Waals surface area contributed by atoms with E-state index in [1.54, 1.807) is 10.8 Å². The van der Waals surface area contributed by atoms with Crippen LogP contribution < -0.4 is 0 Å². The highest BCUT2D eigenvalue weighted by Gasteiger charge is 2.18. The number of imidazole rings is 1. The van der Waals surface area contributed by atoms with E-state index >= 15 is 0 Å². The van der Waals surface area contributed by atoms with Gasteiger partial charge in [0.15, 0.2) is 0 Å². The summed E-state index contributed by atoms with van der Waals surface area (Å²) in [6, 6.07) is 0. The number of hydrogen-bond donors (Lipinski definition) is 0. The number of rotatable bonds is 3. The van der Waals surface area contributed by atoms with Crippen LogP contribution in [0.1, 0.15) is 12.8 Å². The van der Waals surface area contributed by atoms with E-state index in [0.29, 0.717) is 6.67 Å². The summed E-state index contributed by atoms with van der Waals surface area (Å²) in [4.78, 5) is 16.0. The SMILES string of the molecule is O=[N+]([O-])c1nccn1CN1CCCC1. The third-order valence-corrected chi connectivity index (χ3v) is 2.41. The highest BCUT2D eigenvalue weighted by atomic mass is 16.6. The Hall–Kier alpha value is -1.43. The van der Waals surface area contributed by atoms with E-state index in [4.69, 9.17) is 0 Å². The van der Waals surface area contributed by atoms with Crippen LogP contribution in [0.25, 0.3) is 0 Å². The molecule has 1 aromatic rings. The normalized spacial score (nSPS) is 17.4. The van der Waals surface area contributed by atoms with Gasteiger partial charge in [-0.3, -0.25) is 4.90 Å². The van der Waals surface area contributed by atoms with Gasteiger partial charge in [0.1, 0.15) is 19.1 Å². The van der Waals surface area contributed by atoms with Gasteiger partial charge in [-0.05, 0) is 17.8 Å². The Bertz CT molecular complexity index is 330. The van der Waals surface area contributed by atoms with Crippen LogP contribution in [-0.2, 0) is 6.67 Å². The zero-order valence-electron chi connectivity index (χ0n) is 7.80. The van der Waals surface area contributed by atoms with Crippen LogP contribution >= 0.6 is 0 Å². The van der Waals surface area contributed by atoms with Crippen LogP contribution in [0.5, 0.6) is 0 Å². The second-order valence-corrected chi connectivity index (χ2v) is 3.42. The Morgan fingerprint density at radius 1 is 1.50 bits per heavy atom. The van der Waals surface area contributed by atoms with Crippen LogP contribution in [0.3, 0.4) is 0 Å². The van der Waals surface area contributed by atoms with Gasteiger partial charge in [-0.25, -0.2) is 4.57 Å². The van der Waals surface area contributed by atoms with Crippen LogP contribution in [-0.4, -0.2) is 32.5 Å². The van der Waals surface area contributed by atoms with Gasteiger partial charge in [-0.1, -0.05) is 4.98 Å². The molecule has 2 heterocycles. The van der Waals surface area contributed by atoms with Gasteiger partial charge in [0.2, 0.25) is 0 Å². The molecule has 0 aliphatic carbocycles. The van der Waals surface area contributed by atoms with Crippen LogP contribution in [0.15, 0.2) is 12.4 Å². The third kappa shape index (κ3) is 1.74. The van der Waals surface area contributed by atoms with Gasteiger partial charge in [0, 0.05) is 13.1 Å². The van der Waals surface area contributed by atoms with Crippen LogP contribution in [0.4, 0.5) is 5.95 Å². The Labute approximate surface area is 81.3 Å². The average Bonchev–Trinajstić information content (AvgIpc) is 2.75. The first-order valence-electron chi connectivity index (χ1n) is 4.65. The van der Waals surface area contributed by atoms with Crippen molar-refractivity contribution in [1.29, 1.82) is 0 Å². The monoisotopic (exact) mass is 196 g/mol. The molecule has 0 bridgehead atoms. The van der Waals surface area contributed by atoms with Gasteiger partial charge in [0.05, 0.1) is 0 Å². The Kier molecular flexibility index (Phi) is 2.45. The molecule has 6 heteroatoms. The molecule has 1 aromatic heterocycles. The maximum absolute atomic E-state index is 10.6. The lowest BCUT2D eigenvalue weighted by molar-refractivity contribution is -0.397. The lowest BCUT2D eigenvalue weighted by Crippen LogP contribution is -2.23. The number of nitrogens with zero attached hydrogens (tertiary/aromatic N) is 4. The van der Waals surface area contributed by atoms with E-state index in [1.165, 1.54) is 19.0 Å². The zero-order chi connectivity index (χ0) is 9.97. The third-order valence-electron chi connectivity index (χ3n) is 2.41. The van der Waals surface area contributed by atoms with Crippen LogP contribution in [0.2, 0.25) is 0 Å². The summed E-state index contributed by atoms with van der Waals surface area (Å²) >= 11 is 0. The maximum Gasteiger partial charge on any atom is 0.435 e. The van der Waals surface area contributed by atoms with Gasteiger partial charge >= 0.3 is 5.95 Å². The summed E-state index contributed by atoms with van der Waals surface area (Å²) in [5.41, 5.74) is 0. The lowest BCUT2D eigenvalue weighted by atomic mass is 10.4. The van der Waals surface area contributed by atoms with Crippen molar-refractivity contribution in [3.8, 4) is 0 Å². The molecule has 0 N–H and O–H groups in total. The van der Waals surface area contributed by atoms with E-state index in [-0.39, 0.29) is 5.95 Å². The Morgan fingerprint density at radius 3 is 2.86 bits per heavy atom. The van der Waals surface area contributed by atoms with Gasteiger partial charge in [-0.15, -0.1) is 0 Å². The molecule has 14 heavy (non-hydrogen) atoms. The fourth-order valence-corrected chi connectivity index (χ4v) is 1.72. The standard InChI is InChI=1S/C8H12N4O2/c13-12(14)8-9-3-6-11(8)7-10-4-1-2-5-10/h3,6H,1-2,4-5,7H2. The predicted molar refractivity (Wildman–Crippen MR) is 49.7 cm³/mol. The highest BCUT2D eigenvalue weighted by Crippen LogP contribution is 2.12. The molecule has 0 amide bonds. The van der Waals surface area contributed by atoms with Gasteiger partial charge < -0.3 is 10.1 Å². The topological polar surface area (TPSA) is 64.2 Å². The summed E-state index contributed by atoms with van der Waals surface area (Å²) in [5.74, 6) is -0.0723. The van der Waals surface area contributed by atoms with Gasteiger partial charge in [0.25, 0.3) is 0 Å². The molecule has 0 spiro atoms. The number of nitro groups is 1. The molecule has 1 aliphatic rings. The van der Waals surface area contributed by atoms with Crippen molar-refractivity contribution in [2.75, 3.05) is 13.1 Å². The van der Waals surface area contributed by atoms with Crippen molar-refractivity contribution in [2.45, 2.75) is 19.5 Å². The van der Waals surface area contributed by atoms with Crippen molar-refractivity contribution < 1.29 is 4.92 Å². The maximum atomic E-state index is 10.6. The molecule has 6 nitrogen and oxygen atoms in total. The number of aromatic nitrogens is 2. The fourth-order valence-electron chi connectivity index (χ4n) is 1.72. The van der Waals surface area contributed by atoms with E-state index < -0.39 is 4.92 Å². The minimum atomic E-state index is -0.448.